The molecule has 0 aliphatic heterocycles. The molecule has 0 aromatic carbocycles. The van der Waals surface area contributed by atoms with Crippen molar-refractivity contribution >= 4 is 39.5 Å². The van der Waals surface area contributed by atoms with E-state index in [-0.39, 0.29) is 25.7 Å². The van der Waals surface area contributed by atoms with Crippen molar-refractivity contribution in [2.24, 2.45) is 11.8 Å². The van der Waals surface area contributed by atoms with E-state index in [1.165, 1.54) is 218 Å². The Morgan fingerprint density at radius 3 is 0.874 bits per heavy atom. The molecule has 0 aromatic rings. The molecule has 0 heterocycles. The summed E-state index contributed by atoms with van der Waals surface area (Å²) in [4.78, 5) is 73.1. The number of aliphatic hydroxyl groups excluding tert-OH is 1. The van der Waals surface area contributed by atoms with Crippen molar-refractivity contribution in [3.63, 3.8) is 0 Å². The normalized spacial score (nSPS) is 14.3. The van der Waals surface area contributed by atoms with E-state index in [1.54, 1.807) is 0 Å². The van der Waals surface area contributed by atoms with Crippen LogP contribution in [0.2, 0.25) is 0 Å². The Morgan fingerprint density at radius 2 is 0.573 bits per heavy atom. The van der Waals surface area contributed by atoms with Crippen molar-refractivity contribution in [1.82, 2.24) is 0 Å². The van der Waals surface area contributed by atoms with Gasteiger partial charge in [0.05, 0.1) is 26.4 Å². The second-order valence-corrected chi connectivity index (χ2v) is 33.2. The Balaban J connectivity index is 5.28. The number of aliphatic hydroxyl groups is 1. The molecule has 3 unspecified atom stereocenters. The first kappa shape index (κ1) is 101. The summed E-state index contributed by atoms with van der Waals surface area (Å²) in [5.74, 6) is -0.540. The SMILES string of the molecule is CCCCCC/C=C\C=C/CCCCCCCC(=O)OC[C@H](COP(=O)(O)OC[C@@H](O)COP(=O)(O)OC[C@@H](COC(=O)CCCCCCCCCCC(C)CC)OC(=O)CCCCCCCCCCCCCCCCC)OC(=O)CCCCCCCCCCCCCCCCCCCCC(C)C. The Hall–Kier alpha value is -2.46. The van der Waals surface area contributed by atoms with Crippen LogP contribution < -0.4 is 0 Å². The lowest BCUT2D eigenvalue weighted by molar-refractivity contribution is -0.161. The number of phosphoric acid groups is 2. The zero-order valence-corrected chi connectivity index (χ0v) is 68.9. The second kappa shape index (κ2) is 75.0. The zero-order chi connectivity index (χ0) is 75.6. The number of phosphoric ester groups is 2. The van der Waals surface area contributed by atoms with Crippen molar-refractivity contribution in [2.75, 3.05) is 39.6 Å². The summed E-state index contributed by atoms with van der Waals surface area (Å²) in [5.41, 5.74) is 0. The number of unbranched alkanes of at least 4 members (excludes halogenated alkanes) is 47. The summed E-state index contributed by atoms with van der Waals surface area (Å²) in [6.07, 6.45) is 68.7. The van der Waals surface area contributed by atoms with Crippen LogP contribution in [0.1, 0.15) is 420 Å². The number of allylic oxidation sites excluding steroid dienone is 4. The molecule has 19 heteroatoms. The van der Waals surface area contributed by atoms with Gasteiger partial charge in [0.2, 0.25) is 0 Å². The summed E-state index contributed by atoms with van der Waals surface area (Å²) >= 11 is 0. The standard InChI is InChI=1S/C84H160O17P2/c1-7-10-12-14-16-18-20-22-28-33-37-41-48-54-60-66-81(86)94-72-79(100-83(88)69-63-57-51-43-39-35-31-27-25-24-26-30-32-36-40-46-52-58-64-76(4)5)74-98-102(90,91)96-70-78(85)71-97-103(92,93)99-75-80(73-95-82(87)67-61-55-49-45-44-47-53-59-65-77(6)9-3)101-84(89)68-62-56-50-42-38-34-29-23-21-19-17-15-13-11-8-2/h18,20,22,28,76-80,85H,7-17,19,21,23-27,29-75H2,1-6H3,(H,90,91)(H,92,93)/b20-18-,28-22-/t77?,78-,79-,80-/m1/s1. The zero-order valence-electron chi connectivity index (χ0n) is 67.1. The minimum absolute atomic E-state index is 0.101. The number of hydrogen-bond acceptors (Lipinski definition) is 15. The van der Waals surface area contributed by atoms with E-state index in [0.29, 0.717) is 25.7 Å². The van der Waals surface area contributed by atoms with Crippen molar-refractivity contribution in [3.05, 3.63) is 24.3 Å². The quantitative estimate of drug-likeness (QED) is 0.0169. The predicted octanol–water partition coefficient (Wildman–Crippen LogP) is 25.0. The molecule has 6 atom stereocenters. The average Bonchev–Trinajstić information content (AvgIpc) is 0.905. The van der Waals surface area contributed by atoms with Gasteiger partial charge < -0.3 is 33.8 Å². The minimum atomic E-state index is -4.97. The Bertz CT molecular complexity index is 2070. The van der Waals surface area contributed by atoms with Crippen molar-refractivity contribution in [3.8, 4) is 0 Å². The molecule has 0 fully saturated rings. The molecule has 0 saturated heterocycles. The minimum Gasteiger partial charge on any atom is -0.462 e. The molecule has 0 aliphatic carbocycles. The lowest BCUT2D eigenvalue weighted by atomic mass is 9.99. The first-order valence-electron chi connectivity index (χ1n) is 42.8. The van der Waals surface area contributed by atoms with Gasteiger partial charge in [0.15, 0.2) is 12.2 Å². The van der Waals surface area contributed by atoms with Crippen LogP contribution in [0.4, 0.5) is 0 Å². The molecule has 0 radical (unpaired) electrons. The van der Waals surface area contributed by atoms with Crippen LogP contribution in [0.15, 0.2) is 24.3 Å². The first-order chi connectivity index (χ1) is 49.9. The highest BCUT2D eigenvalue weighted by Gasteiger charge is 2.30. The van der Waals surface area contributed by atoms with Crippen molar-refractivity contribution < 1.29 is 80.2 Å². The first-order valence-corrected chi connectivity index (χ1v) is 45.8. The fourth-order valence-electron chi connectivity index (χ4n) is 12.5. The second-order valence-electron chi connectivity index (χ2n) is 30.3. The van der Waals surface area contributed by atoms with Crippen LogP contribution in [-0.2, 0) is 65.4 Å². The van der Waals surface area contributed by atoms with Gasteiger partial charge in [0.1, 0.15) is 19.3 Å². The molecule has 0 aliphatic rings. The molecule has 0 aromatic heterocycles. The summed E-state index contributed by atoms with van der Waals surface area (Å²) in [6, 6.07) is 0. The summed E-state index contributed by atoms with van der Waals surface area (Å²) in [7, 11) is -9.94. The maximum Gasteiger partial charge on any atom is 0.472 e. The third kappa shape index (κ3) is 76.1. The molecule has 0 rings (SSSR count). The molecular formula is C84H160O17P2. The van der Waals surface area contributed by atoms with Crippen molar-refractivity contribution in [2.45, 2.75) is 439 Å². The summed E-state index contributed by atoms with van der Waals surface area (Å²) in [5, 5.41) is 10.7. The van der Waals surface area contributed by atoms with Crippen LogP contribution in [0.25, 0.3) is 0 Å². The Labute approximate surface area is 631 Å². The highest BCUT2D eigenvalue weighted by atomic mass is 31.2. The van der Waals surface area contributed by atoms with Gasteiger partial charge in [-0.15, -0.1) is 0 Å². The predicted molar refractivity (Wildman–Crippen MR) is 423 cm³/mol. The van der Waals surface area contributed by atoms with Gasteiger partial charge in [-0.05, 0) is 63.2 Å². The molecule has 0 amide bonds. The van der Waals surface area contributed by atoms with E-state index in [1.807, 2.05) is 0 Å². The fraction of sp³-hybridized carbons (Fsp3) is 0.905. The highest BCUT2D eigenvalue weighted by Crippen LogP contribution is 2.45. The van der Waals surface area contributed by atoms with E-state index in [9.17, 15) is 43.2 Å². The van der Waals surface area contributed by atoms with Gasteiger partial charge in [0, 0.05) is 25.7 Å². The molecule has 17 nitrogen and oxygen atoms in total. The van der Waals surface area contributed by atoms with Crippen LogP contribution in [0.5, 0.6) is 0 Å². The monoisotopic (exact) mass is 1500 g/mol. The van der Waals surface area contributed by atoms with Crippen LogP contribution >= 0.6 is 15.6 Å². The van der Waals surface area contributed by atoms with Crippen LogP contribution in [-0.4, -0.2) is 96.7 Å². The average molecular weight is 1500 g/mol. The van der Waals surface area contributed by atoms with Gasteiger partial charge in [-0.3, -0.25) is 37.3 Å². The van der Waals surface area contributed by atoms with E-state index in [0.717, 1.165) is 121 Å². The smallest absolute Gasteiger partial charge is 0.462 e. The largest absolute Gasteiger partial charge is 0.472 e. The topological polar surface area (TPSA) is 237 Å². The third-order valence-electron chi connectivity index (χ3n) is 19.4. The molecular weight excluding hydrogens is 1340 g/mol. The Morgan fingerprint density at radius 1 is 0.320 bits per heavy atom. The van der Waals surface area contributed by atoms with Gasteiger partial charge in [-0.1, -0.05) is 368 Å². The van der Waals surface area contributed by atoms with Crippen molar-refractivity contribution in [1.29, 1.82) is 0 Å². The van der Waals surface area contributed by atoms with Crippen LogP contribution in [0, 0.1) is 11.8 Å². The lowest BCUT2D eigenvalue weighted by Crippen LogP contribution is -2.30. The van der Waals surface area contributed by atoms with Gasteiger partial charge in [0.25, 0.3) is 0 Å². The summed E-state index contributed by atoms with van der Waals surface area (Å²) in [6.45, 7) is 9.63. The molecule has 0 spiro atoms. The van der Waals surface area contributed by atoms with E-state index < -0.39 is 97.5 Å². The maximum atomic E-state index is 13.1. The lowest BCUT2D eigenvalue weighted by Gasteiger charge is -2.21. The Kier molecular flexibility index (Phi) is 73.2. The molecule has 0 bridgehead atoms. The number of rotatable bonds is 81. The van der Waals surface area contributed by atoms with Crippen LogP contribution in [0.3, 0.4) is 0 Å². The molecule has 103 heavy (non-hydrogen) atoms. The number of ether oxygens (including phenoxy) is 4. The van der Waals surface area contributed by atoms with Gasteiger partial charge in [-0.2, -0.15) is 0 Å². The van der Waals surface area contributed by atoms with E-state index >= 15 is 0 Å². The number of carbonyl (C=O) groups excluding carboxylic acids is 4. The maximum absolute atomic E-state index is 13.1. The van der Waals surface area contributed by atoms with Gasteiger partial charge >= 0.3 is 39.5 Å². The highest BCUT2D eigenvalue weighted by molar-refractivity contribution is 7.47. The fourth-order valence-corrected chi connectivity index (χ4v) is 14.1. The van der Waals surface area contributed by atoms with E-state index in [4.69, 9.17) is 37.0 Å². The number of hydrogen-bond donors (Lipinski definition) is 3. The molecule has 3 N–H and O–H groups in total. The van der Waals surface area contributed by atoms with E-state index in [2.05, 4.69) is 65.8 Å². The van der Waals surface area contributed by atoms with Gasteiger partial charge in [-0.25, -0.2) is 9.13 Å². The summed E-state index contributed by atoms with van der Waals surface area (Å²) < 4.78 is 68.8. The number of carbonyl (C=O) groups is 4. The molecule has 608 valence electrons. The number of esters is 4. The molecule has 0 saturated carbocycles. The third-order valence-corrected chi connectivity index (χ3v) is 21.3.